The molecular weight excluding hydrogens is 349 g/mol. The van der Waals surface area contributed by atoms with E-state index < -0.39 is 29.3 Å². The second-order valence-electron chi connectivity index (χ2n) is 5.47. The van der Waals surface area contributed by atoms with Crippen molar-refractivity contribution in [3.8, 4) is 17.6 Å². The summed E-state index contributed by atoms with van der Waals surface area (Å²) in [5.74, 6) is -0.647. The van der Waals surface area contributed by atoms with Gasteiger partial charge in [0.2, 0.25) is 0 Å². The molecule has 26 heavy (non-hydrogen) atoms. The van der Waals surface area contributed by atoms with E-state index in [-0.39, 0.29) is 23.6 Å². The van der Waals surface area contributed by atoms with E-state index in [0.717, 1.165) is 6.07 Å². The molecule has 2 N–H and O–H groups in total. The smallest absolute Gasteiger partial charge is 0.417 e. The van der Waals surface area contributed by atoms with Gasteiger partial charge < -0.3 is 15.2 Å². The maximum absolute atomic E-state index is 13.0. The molecule has 0 aliphatic heterocycles. The van der Waals surface area contributed by atoms with Crippen molar-refractivity contribution < 1.29 is 27.8 Å². The van der Waals surface area contributed by atoms with Crippen LogP contribution in [0, 0.1) is 11.3 Å². The van der Waals surface area contributed by atoms with Gasteiger partial charge in [0.1, 0.15) is 11.5 Å². The third-order valence-electron chi connectivity index (χ3n) is 3.33. The Morgan fingerprint density at radius 1 is 1.31 bits per heavy atom. The highest BCUT2D eigenvalue weighted by atomic mass is 19.4. The third-order valence-corrected chi connectivity index (χ3v) is 3.33. The molecule has 1 atom stereocenters. The zero-order chi connectivity index (χ0) is 19.3. The molecule has 1 unspecified atom stereocenters. The van der Waals surface area contributed by atoms with Gasteiger partial charge in [0.05, 0.1) is 28.9 Å². The molecule has 0 saturated carbocycles. The first-order valence-electron chi connectivity index (χ1n) is 7.57. The number of carbonyl (C=O) groups excluding carboxylic acids is 1. The number of benzene rings is 2. The lowest BCUT2D eigenvalue weighted by atomic mass is 10.1. The predicted octanol–water partition coefficient (Wildman–Crippen LogP) is 3.48. The number of para-hydroxylation sites is 1. The van der Waals surface area contributed by atoms with Gasteiger partial charge >= 0.3 is 6.18 Å². The molecule has 0 aliphatic rings. The first-order valence-corrected chi connectivity index (χ1v) is 7.57. The van der Waals surface area contributed by atoms with Gasteiger partial charge in [0, 0.05) is 6.54 Å². The summed E-state index contributed by atoms with van der Waals surface area (Å²) < 4.78 is 44.6. The average molecular weight is 364 g/mol. The van der Waals surface area contributed by atoms with Gasteiger partial charge in [-0.1, -0.05) is 12.1 Å². The van der Waals surface area contributed by atoms with Gasteiger partial charge in [-0.15, -0.1) is 0 Å². The van der Waals surface area contributed by atoms with Crippen molar-refractivity contribution in [3.63, 3.8) is 0 Å². The van der Waals surface area contributed by atoms with Crippen molar-refractivity contribution >= 4 is 5.91 Å². The number of nitrogens with zero attached hydrogens (tertiary/aromatic N) is 1. The number of rotatable bonds is 5. The molecule has 0 radical (unpaired) electrons. The number of hydrogen-bond donors (Lipinski definition) is 2. The summed E-state index contributed by atoms with van der Waals surface area (Å²) in [5.41, 5.74) is -1.53. The zero-order valence-electron chi connectivity index (χ0n) is 13.7. The molecule has 136 valence electrons. The topological polar surface area (TPSA) is 82.3 Å². The number of amides is 1. The molecule has 0 spiro atoms. The predicted molar refractivity (Wildman–Crippen MR) is 86.7 cm³/mol. The molecule has 0 fully saturated rings. The van der Waals surface area contributed by atoms with Crippen LogP contribution in [0.25, 0.3) is 0 Å². The summed E-state index contributed by atoms with van der Waals surface area (Å²) in [4.78, 5) is 12.2. The summed E-state index contributed by atoms with van der Waals surface area (Å²) >= 11 is 0. The van der Waals surface area contributed by atoms with E-state index in [9.17, 15) is 23.1 Å². The molecule has 1 amide bonds. The molecule has 0 bridgehead atoms. The van der Waals surface area contributed by atoms with Crippen LogP contribution in [0.2, 0.25) is 0 Å². The number of ether oxygens (including phenoxy) is 1. The number of alkyl halides is 3. The van der Waals surface area contributed by atoms with E-state index in [1.165, 1.54) is 31.2 Å². The minimum absolute atomic E-state index is 0.0161. The monoisotopic (exact) mass is 364 g/mol. The number of nitriles is 1. The maximum Gasteiger partial charge on any atom is 0.417 e. The van der Waals surface area contributed by atoms with E-state index >= 15 is 0 Å². The summed E-state index contributed by atoms with van der Waals surface area (Å²) in [5, 5.41) is 20.5. The second kappa shape index (κ2) is 7.89. The largest absolute Gasteiger partial charge is 0.457 e. The van der Waals surface area contributed by atoms with Crippen molar-refractivity contribution in [3.05, 3.63) is 59.2 Å². The Balaban J connectivity index is 2.32. The highest BCUT2D eigenvalue weighted by molar-refractivity contribution is 5.97. The van der Waals surface area contributed by atoms with E-state index in [4.69, 9.17) is 10.00 Å². The highest BCUT2D eigenvalue weighted by Gasteiger charge is 2.34. The Labute approximate surface area is 147 Å². The average Bonchev–Trinajstić information content (AvgIpc) is 2.59. The lowest BCUT2D eigenvalue weighted by Gasteiger charge is -2.14. The molecule has 2 aromatic rings. The van der Waals surface area contributed by atoms with Gasteiger partial charge in [-0.3, -0.25) is 4.79 Å². The van der Waals surface area contributed by atoms with E-state index in [1.54, 1.807) is 12.1 Å². The minimum atomic E-state index is -4.71. The number of nitrogens with one attached hydrogen (secondary N) is 1. The second-order valence-corrected chi connectivity index (χ2v) is 5.47. The molecule has 0 saturated heterocycles. The van der Waals surface area contributed by atoms with Gasteiger partial charge in [0.25, 0.3) is 5.91 Å². The molecule has 0 aromatic heterocycles. The Bertz CT molecular complexity index is 842. The number of carbonyl (C=O) groups is 1. The Kier molecular flexibility index (Phi) is 5.85. The van der Waals surface area contributed by atoms with Crippen molar-refractivity contribution in [2.24, 2.45) is 0 Å². The summed E-state index contributed by atoms with van der Waals surface area (Å²) in [6, 6.07) is 10.4. The zero-order valence-corrected chi connectivity index (χ0v) is 13.7. The fraction of sp³-hybridized carbons (Fsp3) is 0.222. The van der Waals surface area contributed by atoms with Crippen LogP contribution < -0.4 is 10.1 Å². The fourth-order valence-corrected chi connectivity index (χ4v) is 2.12. The number of halogens is 3. The van der Waals surface area contributed by atoms with Crippen LogP contribution in [0.3, 0.4) is 0 Å². The maximum atomic E-state index is 13.0. The van der Waals surface area contributed by atoms with Crippen LogP contribution in [-0.4, -0.2) is 23.7 Å². The lowest BCUT2D eigenvalue weighted by Crippen LogP contribution is -2.30. The molecule has 2 aromatic carbocycles. The van der Waals surface area contributed by atoms with Gasteiger partial charge in [-0.25, -0.2) is 0 Å². The Morgan fingerprint density at radius 2 is 2.00 bits per heavy atom. The SMILES string of the molecule is CC(O)CNC(=O)c1ccccc1Oc1ccc(C#N)c(C(F)(F)F)c1. The van der Waals surface area contributed by atoms with Crippen molar-refractivity contribution in [2.45, 2.75) is 19.2 Å². The van der Waals surface area contributed by atoms with Gasteiger partial charge in [-0.2, -0.15) is 18.4 Å². The summed E-state index contributed by atoms with van der Waals surface area (Å²) in [6.45, 7) is 1.51. The summed E-state index contributed by atoms with van der Waals surface area (Å²) in [6.07, 6.45) is -5.46. The quantitative estimate of drug-likeness (QED) is 0.851. The fourth-order valence-electron chi connectivity index (χ4n) is 2.12. The van der Waals surface area contributed by atoms with Crippen molar-refractivity contribution in [1.29, 1.82) is 5.26 Å². The highest BCUT2D eigenvalue weighted by Crippen LogP contribution is 2.35. The first-order chi connectivity index (χ1) is 12.2. The van der Waals surface area contributed by atoms with E-state index in [0.29, 0.717) is 6.07 Å². The van der Waals surface area contributed by atoms with E-state index in [1.807, 2.05) is 0 Å². The standard InChI is InChI=1S/C18H15F3N2O3/c1-11(24)10-23-17(25)14-4-2-3-5-16(14)26-13-7-6-12(9-22)15(8-13)18(19,20)21/h2-8,11,24H,10H2,1H3,(H,23,25). The van der Waals surface area contributed by atoms with Crippen LogP contribution in [0.1, 0.15) is 28.4 Å². The van der Waals surface area contributed by atoms with Crippen LogP contribution in [-0.2, 0) is 6.18 Å². The summed E-state index contributed by atoms with van der Waals surface area (Å²) in [7, 11) is 0. The molecule has 0 heterocycles. The minimum Gasteiger partial charge on any atom is -0.457 e. The Hall–Kier alpha value is -3.05. The van der Waals surface area contributed by atoms with Crippen LogP contribution in [0.5, 0.6) is 11.5 Å². The number of aliphatic hydroxyl groups is 1. The third kappa shape index (κ3) is 4.74. The van der Waals surface area contributed by atoms with E-state index in [2.05, 4.69) is 5.32 Å². The number of aliphatic hydroxyl groups excluding tert-OH is 1. The Morgan fingerprint density at radius 3 is 2.62 bits per heavy atom. The van der Waals surface area contributed by atoms with Crippen molar-refractivity contribution in [2.75, 3.05) is 6.54 Å². The van der Waals surface area contributed by atoms with Gasteiger partial charge in [-0.05, 0) is 37.3 Å². The molecular formula is C18H15F3N2O3. The number of hydrogen-bond acceptors (Lipinski definition) is 4. The molecule has 2 rings (SSSR count). The van der Waals surface area contributed by atoms with Gasteiger partial charge in [0.15, 0.2) is 0 Å². The molecule has 0 aliphatic carbocycles. The first kappa shape index (κ1) is 19.3. The molecule has 5 nitrogen and oxygen atoms in total. The van der Waals surface area contributed by atoms with Crippen LogP contribution in [0.15, 0.2) is 42.5 Å². The lowest BCUT2D eigenvalue weighted by molar-refractivity contribution is -0.137. The normalized spacial score (nSPS) is 12.2. The van der Waals surface area contributed by atoms with Crippen molar-refractivity contribution in [1.82, 2.24) is 5.32 Å². The van der Waals surface area contributed by atoms with Crippen LogP contribution >= 0.6 is 0 Å². The molecule has 8 heteroatoms. The van der Waals surface area contributed by atoms with Crippen LogP contribution in [0.4, 0.5) is 13.2 Å².